The van der Waals surface area contributed by atoms with E-state index in [1.165, 1.54) is 0 Å². The first-order chi connectivity index (χ1) is 3.70. The smallest absolute Gasteiger partial charge is 0.303 e. The molecule has 8 heavy (non-hydrogen) atoms. The van der Waals surface area contributed by atoms with Crippen LogP contribution in [0, 0.1) is 0 Å². The predicted octanol–water partition coefficient (Wildman–Crippen LogP) is -0.153. The van der Waals surface area contributed by atoms with Crippen molar-refractivity contribution < 1.29 is 9.59 Å². The zero-order chi connectivity index (χ0) is 6.15. The third-order valence-corrected chi connectivity index (χ3v) is 1.37. The monoisotopic (exact) mass is 129 g/mol. The van der Waals surface area contributed by atoms with Gasteiger partial charge in [-0.2, -0.15) is 0 Å². The number of carbonyl (C=O) groups is 2. The van der Waals surface area contributed by atoms with E-state index in [2.05, 4.69) is 11.9 Å². The molecule has 4 heteroatoms. The molecule has 1 saturated heterocycles. The van der Waals surface area contributed by atoms with Crippen molar-refractivity contribution in [2.75, 3.05) is 0 Å². The van der Waals surface area contributed by atoms with Crippen LogP contribution in [0.4, 0.5) is 0 Å². The molecule has 1 amide bonds. The topological polar surface area (TPSA) is 46.2 Å². The molecule has 1 N–H and O–H groups in total. The lowest BCUT2D eigenvalue weighted by atomic mass is 10.7. The maximum Gasteiger partial charge on any atom is 0.303 e. The van der Waals surface area contributed by atoms with Crippen LogP contribution in [0.2, 0.25) is 0 Å². The van der Waals surface area contributed by atoms with Crippen molar-refractivity contribution in [3.05, 3.63) is 11.6 Å². The van der Waals surface area contributed by atoms with E-state index in [1.54, 1.807) is 0 Å². The number of hydrogen-bond donors (Lipinski definition) is 1. The van der Waals surface area contributed by atoms with Crippen molar-refractivity contribution in [3.8, 4) is 0 Å². The Hall–Kier alpha value is -0.770. The Kier molecular flexibility index (Phi) is 1.09. The fourth-order valence-electron chi connectivity index (χ4n) is 0.361. The van der Waals surface area contributed by atoms with Gasteiger partial charge in [0, 0.05) is 0 Å². The van der Waals surface area contributed by atoms with Crippen LogP contribution in [-0.4, -0.2) is 11.0 Å². The summed E-state index contributed by atoms with van der Waals surface area (Å²) in [5, 5.41) is 2.19. The van der Waals surface area contributed by atoms with Gasteiger partial charge in [-0.25, -0.2) is 0 Å². The lowest BCUT2D eigenvalue weighted by molar-refractivity contribution is -0.131. The number of amides is 1. The highest BCUT2D eigenvalue weighted by Gasteiger charge is 2.23. The van der Waals surface area contributed by atoms with E-state index in [9.17, 15) is 9.59 Å². The summed E-state index contributed by atoms with van der Waals surface area (Å²) in [5.41, 5.74) is 0. The molecular weight excluding hydrogens is 126 g/mol. The number of thioether (sulfide) groups is 1. The molecule has 0 spiro atoms. The van der Waals surface area contributed by atoms with Crippen molar-refractivity contribution >= 4 is 22.8 Å². The van der Waals surface area contributed by atoms with Gasteiger partial charge in [0.05, 0.1) is 5.03 Å². The van der Waals surface area contributed by atoms with Crippen LogP contribution < -0.4 is 5.32 Å². The van der Waals surface area contributed by atoms with Gasteiger partial charge in [0.2, 0.25) is 0 Å². The van der Waals surface area contributed by atoms with E-state index >= 15 is 0 Å². The molecule has 0 aromatic rings. The Morgan fingerprint density at radius 1 is 1.50 bits per heavy atom. The summed E-state index contributed by atoms with van der Waals surface area (Å²) in [4.78, 5) is 20.5. The molecule has 1 rings (SSSR count). The van der Waals surface area contributed by atoms with E-state index < -0.39 is 11.0 Å². The Morgan fingerprint density at radius 3 is 2.25 bits per heavy atom. The third-order valence-electron chi connectivity index (χ3n) is 0.654. The normalized spacial score (nSPS) is 19.2. The van der Waals surface area contributed by atoms with Crippen molar-refractivity contribution in [2.45, 2.75) is 0 Å². The quantitative estimate of drug-likeness (QED) is 0.462. The molecular formula is C4H3NO2S. The molecule has 1 fully saturated rings. The summed E-state index contributed by atoms with van der Waals surface area (Å²) in [5.74, 6) is -0.569. The van der Waals surface area contributed by atoms with Crippen molar-refractivity contribution in [3.63, 3.8) is 0 Å². The predicted molar refractivity (Wildman–Crippen MR) is 29.9 cm³/mol. The third kappa shape index (κ3) is 0.742. The zero-order valence-electron chi connectivity index (χ0n) is 3.93. The molecule has 1 aliphatic heterocycles. The lowest BCUT2D eigenvalue weighted by Gasteiger charge is -1.82. The summed E-state index contributed by atoms with van der Waals surface area (Å²) in [6.45, 7) is 3.37. The van der Waals surface area contributed by atoms with Crippen LogP contribution in [0.15, 0.2) is 11.6 Å². The summed E-state index contributed by atoms with van der Waals surface area (Å²) in [7, 11) is 0. The first-order valence-electron chi connectivity index (χ1n) is 1.92. The first-order valence-corrected chi connectivity index (χ1v) is 2.74. The van der Waals surface area contributed by atoms with Gasteiger partial charge in [0.1, 0.15) is 0 Å². The number of rotatable bonds is 0. The summed E-state index contributed by atoms with van der Waals surface area (Å²) < 4.78 is 0. The summed E-state index contributed by atoms with van der Waals surface area (Å²) in [6, 6.07) is 0. The number of hydrogen-bond acceptors (Lipinski definition) is 3. The molecule has 0 unspecified atom stereocenters. The van der Waals surface area contributed by atoms with Crippen molar-refractivity contribution in [2.24, 2.45) is 0 Å². The number of carbonyl (C=O) groups excluding carboxylic acids is 2. The van der Waals surface area contributed by atoms with Crippen molar-refractivity contribution in [1.29, 1.82) is 0 Å². The van der Waals surface area contributed by atoms with Crippen molar-refractivity contribution in [1.82, 2.24) is 5.32 Å². The van der Waals surface area contributed by atoms with Gasteiger partial charge in [0.15, 0.2) is 0 Å². The Bertz CT molecular complexity index is 157. The molecule has 0 aromatic carbocycles. The maximum atomic E-state index is 10.3. The van der Waals surface area contributed by atoms with Gasteiger partial charge in [-0.1, -0.05) is 6.58 Å². The minimum absolute atomic E-state index is 0.417. The molecule has 0 radical (unpaired) electrons. The van der Waals surface area contributed by atoms with Crippen LogP contribution >= 0.6 is 11.8 Å². The standard InChI is InChI=1S/C4H3NO2S/c1-2-5-3(6)4(7)8-2/h1H2,(H,5,6). The van der Waals surface area contributed by atoms with E-state index in [0.717, 1.165) is 11.8 Å². The Balaban J connectivity index is 2.79. The molecule has 42 valence electrons. The molecule has 0 saturated carbocycles. The second-order valence-corrected chi connectivity index (χ2v) is 2.33. The highest BCUT2D eigenvalue weighted by molar-refractivity contribution is 8.19. The second kappa shape index (κ2) is 1.63. The molecule has 1 aliphatic rings. The largest absolute Gasteiger partial charge is 0.313 e. The van der Waals surface area contributed by atoms with Crippen LogP contribution in [0.5, 0.6) is 0 Å². The van der Waals surface area contributed by atoms with E-state index in [0.29, 0.717) is 5.03 Å². The minimum atomic E-state index is -0.569. The fraction of sp³-hybridized carbons (Fsp3) is 0. The second-order valence-electron chi connectivity index (χ2n) is 1.27. The number of nitrogens with one attached hydrogen (secondary N) is 1. The van der Waals surface area contributed by atoms with E-state index in [-0.39, 0.29) is 0 Å². The van der Waals surface area contributed by atoms with E-state index in [1.807, 2.05) is 0 Å². The average molecular weight is 129 g/mol. The fourth-order valence-corrected chi connectivity index (χ4v) is 0.873. The molecule has 0 bridgehead atoms. The van der Waals surface area contributed by atoms with Gasteiger partial charge in [-0.15, -0.1) is 0 Å². The van der Waals surface area contributed by atoms with Crippen LogP contribution in [-0.2, 0) is 9.59 Å². The molecule has 0 aromatic heterocycles. The first kappa shape index (κ1) is 5.37. The average Bonchev–Trinajstić information content (AvgIpc) is 1.85. The van der Waals surface area contributed by atoms with Gasteiger partial charge >= 0.3 is 5.91 Å². The lowest BCUT2D eigenvalue weighted by Crippen LogP contribution is -2.17. The van der Waals surface area contributed by atoms with Crippen LogP contribution in [0.1, 0.15) is 0 Å². The molecule has 0 aliphatic carbocycles. The highest BCUT2D eigenvalue weighted by atomic mass is 32.2. The zero-order valence-corrected chi connectivity index (χ0v) is 4.75. The van der Waals surface area contributed by atoms with Gasteiger partial charge < -0.3 is 5.32 Å². The maximum absolute atomic E-state index is 10.3. The molecule has 3 nitrogen and oxygen atoms in total. The van der Waals surface area contributed by atoms with E-state index in [4.69, 9.17) is 0 Å². The Morgan fingerprint density at radius 2 is 2.12 bits per heavy atom. The van der Waals surface area contributed by atoms with Gasteiger partial charge in [-0.3, -0.25) is 9.59 Å². The highest BCUT2D eigenvalue weighted by Crippen LogP contribution is 2.17. The van der Waals surface area contributed by atoms with Crippen LogP contribution in [0.25, 0.3) is 0 Å². The molecule has 1 heterocycles. The minimum Gasteiger partial charge on any atom is -0.313 e. The SMILES string of the molecule is C=C1NC(=O)C(=O)S1. The summed E-state index contributed by atoms with van der Waals surface area (Å²) >= 11 is 0.834. The Labute approximate surface area is 50.1 Å². The van der Waals surface area contributed by atoms with Crippen LogP contribution in [0.3, 0.4) is 0 Å². The van der Waals surface area contributed by atoms with Gasteiger partial charge in [-0.05, 0) is 11.8 Å². The molecule has 0 atom stereocenters. The van der Waals surface area contributed by atoms with Gasteiger partial charge in [0.25, 0.3) is 5.12 Å². The summed E-state index contributed by atoms with van der Waals surface area (Å²) in [6.07, 6.45) is 0.